The summed E-state index contributed by atoms with van der Waals surface area (Å²) < 4.78 is 2.48. The van der Waals surface area contributed by atoms with Crippen LogP contribution in [-0.4, -0.2) is 9.55 Å². The van der Waals surface area contributed by atoms with Crippen LogP contribution in [0, 0.1) is 0 Å². The van der Waals surface area contributed by atoms with Gasteiger partial charge in [0, 0.05) is 10.2 Å². The van der Waals surface area contributed by atoms with E-state index in [1.807, 2.05) is 36.4 Å². The summed E-state index contributed by atoms with van der Waals surface area (Å²) in [6.07, 6.45) is 1.57. The molecule has 2 aromatic carbocycles. The largest absolute Gasteiger partial charge is 0.399 e. The van der Waals surface area contributed by atoms with Gasteiger partial charge in [0.05, 0.1) is 23.8 Å². The third kappa shape index (κ3) is 2.44. The average molecular weight is 330 g/mol. The molecule has 100 valence electrons. The molecule has 0 atom stereocenters. The summed E-state index contributed by atoms with van der Waals surface area (Å²) in [5.74, 6) is 0. The zero-order chi connectivity index (χ0) is 14.1. The highest BCUT2D eigenvalue weighted by Crippen LogP contribution is 2.18. The molecule has 0 saturated carbocycles. The van der Waals surface area contributed by atoms with Crippen LogP contribution >= 0.6 is 15.9 Å². The summed E-state index contributed by atoms with van der Waals surface area (Å²) >= 11 is 3.40. The predicted molar refractivity (Wildman–Crippen MR) is 83.7 cm³/mol. The Morgan fingerprint density at radius 2 is 2.00 bits per heavy atom. The summed E-state index contributed by atoms with van der Waals surface area (Å²) in [4.78, 5) is 16.7. The van der Waals surface area contributed by atoms with Crippen molar-refractivity contribution < 1.29 is 0 Å². The number of nitrogens with zero attached hydrogens (tertiary/aromatic N) is 2. The van der Waals surface area contributed by atoms with E-state index < -0.39 is 0 Å². The number of hydrogen-bond donors (Lipinski definition) is 1. The summed E-state index contributed by atoms with van der Waals surface area (Å²) in [6, 6.07) is 12.9. The average Bonchev–Trinajstić information content (AvgIpc) is 2.41. The second-order valence-corrected chi connectivity index (χ2v) is 5.50. The lowest BCUT2D eigenvalue weighted by atomic mass is 10.2. The lowest BCUT2D eigenvalue weighted by Gasteiger charge is -2.08. The monoisotopic (exact) mass is 329 g/mol. The highest BCUT2D eigenvalue weighted by Gasteiger charge is 2.05. The molecule has 0 saturated heterocycles. The number of nitrogens with two attached hydrogens (primary N) is 1. The second kappa shape index (κ2) is 5.09. The quantitative estimate of drug-likeness (QED) is 0.735. The molecule has 0 spiro atoms. The lowest BCUT2D eigenvalue weighted by Crippen LogP contribution is -2.21. The molecule has 3 rings (SSSR count). The summed E-state index contributed by atoms with van der Waals surface area (Å²) in [6.45, 7) is 0.445. The third-order valence-corrected chi connectivity index (χ3v) is 3.52. The number of aromatic nitrogens is 2. The number of rotatable bonds is 2. The normalized spacial score (nSPS) is 10.8. The van der Waals surface area contributed by atoms with Gasteiger partial charge in [0.2, 0.25) is 0 Å². The van der Waals surface area contributed by atoms with Gasteiger partial charge < -0.3 is 5.73 Å². The van der Waals surface area contributed by atoms with Crippen LogP contribution in [0.2, 0.25) is 0 Å². The fraction of sp³-hybridized carbons (Fsp3) is 0.0667. The van der Waals surface area contributed by atoms with Gasteiger partial charge in [-0.1, -0.05) is 28.1 Å². The molecule has 5 heteroatoms. The van der Waals surface area contributed by atoms with Crippen LogP contribution in [0.1, 0.15) is 5.56 Å². The summed E-state index contributed by atoms with van der Waals surface area (Å²) in [5.41, 5.74) is 8.09. The minimum atomic E-state index is -0.0471. The molecule has 0 aliphatic heterocycles. The van der Waals surface area contributed by atoms with Crippen molar-refractivity contribution in [2.24, 2.45) is 0 Å². The highest BCUT2D eigenvalue weighted by atomic mass is 79.9. The fourth-order valence-electron chi connectivity index (χ4n) is 2.18. The number of anilines is 1. The molecule has 0 unspecified atom stereocenters. The van der Waals surface area contributed by atoms with Crippen molar-refractivity contribution in [1.29, 1.82) is 0 Å². The second-order valence-electron chi connectivity index (χ2n) is 4.59. The maximum Gasteiger partial charge on any atom is 0.261 e. The Morgan fingerprint density at radius 3 is 2.80 bits per heavy atom. The van der Waals surface area contributed by atoms with E-state index in [1.54, 1.807) is 17.0 Å². The Bertz CT molecular complexity index is 822. The van der Waals surface area contributed by atoms with Crippen molar-refractivity contribution in [2.45, 2.75) is 6.54 Å². The Morgan fingerprint density at radius 1 is 1.20 bits per heavy atom. The zero-order valence-electron chi connectivity index (χ0n) is 10.6. The van der Waals surface area contributed by atoms with E-state index in [4.69, 9.17) is 5.73 Å². The molecule has 2 N–H and O–H groups in total. The SMILES string of the molecule is Nc1cc(Br)cc(Cn2cnc3ccccc3c2=O)c1. The molecule has 0 radical (unpaired) electrons. The van der Waals surface area contributed by atoms with Crippen molar-refractivity contribution >= 4 is 32.5 Å². The first-order valence-electron chi connectivity index (χ1n) is 6.12. The molecule has 0 aliphatic carbocycles. The molecular formula is C15H12BrN3O. The lowest BCUT2D eigenvalue weighted by molar-refractivity contribution is 0.748. The predicted octanol–water partition coefficient (Wildman–Crippen LogP) is 2.79. The van der Waals surface area contributed by atoms with Crippen LogP contribution in [-0.2, 0) is 6.54 Å². The number of para-hydroxylation sites is 1. The van der Waals surface area contributed by atoms with Crippen molar-refractivity contribution in [3.05, 3.63) is 69.2 Å². The van der Waals surface area contributed by atoms with E-state index in [1.165, 1.54) is 0 Å². The van der Waals surface area contributed by atoms with Crippen molar-refractivity contribution in [2.75, 3.05) is 5.73 Å². The first-order chi connectivity index (χ1) is 9.63. The molecule has 20 heavy (non-hydrogen) atoms. The molecule has 1 heterocycles. The molecule has 1 aromatic heterocycles. The fourth-order valence-corrected chi connectivity index (χ4v) is 2.74. The van der Waals surface area contributed by atoms with Gasteiger partial charge in [-0.25, -0.2) is 4.98 Å². The van der Waals surface area contributed by atoms with E-state index in [0.717, 1.165) is 10.0 Å². The van der Waals surface area contributed by atoms with Gasteiger partial charge in [0.25, 0.3) is 5.56 Å². The van der Waals surface area contributed by atoms with E-state index in [9.17, 15) is 4.79 Å². The minimum absolute atomic E-state index is 0.0471. The maximum atomic E-state index is 12.4. The van der Waals surface area contributed by atoms with Gasteiger partial charge in [-0.15, -0.1) is 0 Å². The van der Waals surface area contributed by atoms with Crippen molar-refractivity contribution in [1.82, 2.24) is 9.55 Å². The Balaban J connectivity index is 2.07. The van der Waals surface area contributed by atoms with Gasteiger partial charge >= 0.3 is 0 Å². The van der Waals surface area contributed by atoms with Gasteiger partial charge in [-0.05, 0) is 35.9 Å². The van der Waals surface area contributed by atoms with Crippen LogP contribution < -0.4 is 11.3 Å². The number of benzene rings is 2. The zero-order valence-corrected chi connectivity index (χ0v) is 12.2. The van der Waals surface area contributed by atoms with Gasteiger partial charge in [-0.3, -0.25) is 9.36 Å². The van der Waals surface area contributed by atoms with Crippen LogP contribution in [0.15, 0.2) is 58.1 Å². The van der Waals surface area contributed by atoms with E-state index in [-0.39, 0.29) is 5.56 Å². The van der Waals surface area contributed by atoms with Crippen LogP contribution in [0.25, 0.3) is 10.9 Å². The van der Waals surface area contributed by atoms with Crippen LogP contribution in [0.4, 0.5) is 5.69 Å². The standard InChI is InChI=1S/C15H12BrN3O/c16-11-5-10(6-12(17)7-11)8-19-9-18-14-4-2-1-3-13(14)15(19)20/h1-7,9H,8,17H2. The molecule has 3 aromatic rings. The van der Waals surface area contributed by atoms with Gasteiger partial charge in [0.15, 0.2) is 0 Å². The molecule has 0 aliphatic rings. The maximum absolute atomic E-state index is 12.4. The van der Waals surface area contributed by atoms with E-state index in [0.29, 0.717) is 23.1 Å². The first-order valence-corrected chi connectivity index (χ1v) is 6.92. The van der Waals surface area contributed by atoms with Crippen molar-refractivity contribution in [3.63, 3.8) is 0 Å². The molecule has 0 bridgehead atoms. The van der Waals surface area contributed by atoms with Gasteiger partial charge in [0.1, 0.15) is 0 Å². The Labute approximate surface area is 124 Å². The Hall–Kier alpha value is -2.14. The first kappa shape index (κ1) is 12.9. The van der Waals surface area contributed by atoms with Crippen LogP contribution in [0.5, 0.6) is 0 Å². The molecule has 4 nitrogen and oxygen atoms in total. The molecule has 0 fully saturated rings. The highest BCUT2D eigenvalue weighted by molar-refractivity contribution is 9.10. The van der Waals surface area contributed by atoms with Crippen molar-refractivity contribution in [3.8, 4) is 0 Å². The summed E-state index contributed by atoms with van der Waals surface area (Å²) in [7, 11) is 0. The third-order valence-electron chi connectivity index (χ3n) is 3.06. The number of hydrogen-bond acceptors (Lipinski definition) is 3. The van der Waals surface area contributed by atoms with E-state index in [2.05, 4.69) is 20.9 Å². The molecular weight excluding hydrogens is 318 g/mol. The smallest absolute Gasteiger partial charge is 0.261 e. The van der Waals surface area contributed by atoms with Gasteiger partial charge in [-0.2, -0.15) is 0 Å². The minimum Gasteiger partial charge on any atom is -0.399 e. The topological polar surface area (TPSA) is 60.9 Å². The van der Waals surface area contributed by atoms with Crippen LogP contribution in [0.3, 0.4) is 0 Å². The van der Waals surface area contributed by atoms with E-state index >= 15 is 0 Å². The number of nitrogen functional groups attached to an aromatic ring is 1. The summed E-state index contributed by atoms with van der Waals surface area (Å²) in [5, 5.41) is 0.623. The molecule has 0 amide bonds. The number of fused-ring (bicyclic) bond motifs is 1. The Kier molecular flexibility index (Phi) is 3.28. The number of halogens is 1.